The second-order valence-corrected chi connectivity index (χ2v) is 5.83. The average molecular weight is 248 g/mol. The molecular weight excluding hydrogens is 232 g/mol. The van der Waals surface area contributed by atoms with E-state index in [1.54, 1.807) is 0 Å². The van der Waals surface area contributed by atoms with Gasteiger partial charge in [-0.05, 0) is 22.5 Å². The Balaban J connectivity index is 2.29. The first kappa shape index (κ1) is 12.2. The lowest BCUT2D eigenvalue weighted by atomic mass is 9.87. The number of nitrogens with zero attached hydrogens (tertiary/aromatic N) is 2. The van der Waals surface area contributed by atoms with Gasteiger partial charge in [-0.15, -0.1) is 0 Å². The molecule has 0 aliphatic carbocycles. The molecule has 2 rings (SSSR count). The van der Waals surface area contributed by atoms with Crippen LogP contribution in [0, 0.1) is 0 Å². The fourth-order valence-corrected chi connectivity index (χ4v) is 2.08. The monoisotopic (exact) mass is 248 g/mol. The Hall–Kier alpha value is -1.26. The number of hydrogen-bond acceptors (Lipinski definition) is 4. The largest absolute Gasteiger partial charge is 0.389 e. The van der Waals surface area contributed by atoms with Crippen molar-refractivity contribution < 1.29 is 5.11 Å². The lowest BCUT2D eigenvalue weighted by Gasteiger charge is -2.18. The predicted octanol–water partition coefficient (Wildman–Crippen LogP) is 2.99. The van der Waals surface area contributed by atoms with Crippen molar-refractivity contribution in [3.05, 3.63) is 34.8 Å². The number of aromatic nitrogens is 2. The Bertz CT molecular complexity index is 497. The minimum Gasteiger partial charge on any atom is -0.389 e. The molecule has 17 heavy (non-hydrogen) atoms. The number of aliphatic hydroxyl groups is 1. The van der Waals surface area contributed by atoms with Crippen LogP contribution in [-0.2, 0) is 12.0 Å². The molecule has 0 saturated heterocycles. The van der Waals surface area contributed by atoms with E-state index in [-0.39, 0.29) is 12.0 Å². The van der Waals surface area contributed by atoms with E-state index < -0.39 is 0 Å². The quantitative estimate of drug-likeness (QED) is 0.888. The van der Waals surface area contributed by atoms with Gasteiger partial charge in [-0.1, -0.05) is 45.0 Å². The molecule has 0 radical (unpaired) electrons. The predicted molar refractivity (Wildman–Crippen MR) is 70.0 cm³/mol. The molecule has 3 nitrogen and oxygen atoms in total. The van der Waals surface area contributed by atoms with E-state index >= 15 is 0 Å². The van der Waals surface area contributed by atoms with Crippen LogP contribution in [-0.4, -0.2) is 14.5 Å². The number of hydrogen-bond donors (Lipinski definition) is 1. The van der Waals surface area contributed by atoms with E-state index in [2.05, 4.69) is 42.3 Å². The number of benzene rings is 1. The van der Waals surface area contributed by atoms with Gasteiger partial charge in [0, 0.05) is 5.56 Å². The molecule has 0 bridgehead atoms. The first-order valence-electron chi connectivity index (χ1n) is 5.55. The summed E-state index contributed by atoms with van der Waals surface area (Å²) in [5, 5.41) is 9.61. The van der Waals surface area contributed by atoms with Crippen LogP contribution in [0.4, 0.5) is 0 Å². The molecular formula is C13H16N2OS. The fourth-order valence-electron chi connectivity index (χ4n) is 1.56. The topological polar surface area (TPSA) is 46.0 Å². The van der Waals surface area contributed by atoms with Crippen molar-refractivity contribution in [3.63, 3.8) is 0 Å². The summed E-state index contributed by atoms with van der Waals surface area (Å²) in [6.07, 6.45) is 0. The summed E-state index contributed by atoms with van der Waals surface area (Å²) >= 11 is 1.24. The number of rotatable bonds is 2. The molecule has 0 unspecified atom stereocenters. The van der Waals surface area contributed by atoms with Gasteiger partial charge in [0.05, 0.1) is 6.61 Å². The third-order valence-electron chi connectivity index (χ3n) is 2.61. The Morgan fingerprint density at radius 3 is 2.29 bits per heavy atom. The molecule has 0 aliphatic rings. The summed E-state index contributed by atoms with van der Waals surface area (Å²) in [5.41, 5.74) is 2.44. The van der Waals surface area contributed by atoms with Crippen LogP contribution in [0.2, 0.25) is 0 Å². The van der Waals surface area contributed by atoms with Gasteiger partial charge in [-0.25, -0.2) is 4.98 Å². The molecule has 0 amide bonds. The summed E-state index contributed by atoms with van der Waals surface area (Å²) in [4.78, 5) is 4.25. The van der Waals surface area contributed by atoms with Crippen molar-refractivity contribution in [2.45, 2.75) is 32.8 Å². The molecule has 4 heteroatoms. The van der Waals surface area contributed by atoms with Crippen molar-refractivity contribution >= 4 is 11.5 Å². The molecule has 0 atom stereocenters. The molecule has 0 saturated carbocycles. The lowest BCUT2D eigenvalue weighted by Crippen LogP contribution is -2.10. The zero-order valence-electron chi connectivity index (χ0n) is 10.3. The molecule has 1 N–H and O–H groups in total. The van der Waals surface area contributed by atoms with Gasteiger partial charge >= 0.3 is 0 Å². The third kappa shape index (κ3) is 2.70. The van der Waals surface area contributed by atoms with Crippen LogP contribution in [0.15, 0.2) is 24.3 Å². The van der Waals surface area contributed by atoms with Gasteiger partial charge in [-0.2, -0.15) is 4.37 Å². The summed E-state index contributed by atoms with van der Waals surface area (Å²) < 4.78 is 4.22. The van der Waals surface area contributed by atoms with E-state index in [0.29, 0.717) is 10.8 Å². The standard InChI is InChI=1S/C13H16N2OS/c1-13(2,3)10-6-4-9(5-7-10)12-14-11(8-16)17-15-12/h4-7,16H,8H2,1-3H3. The summed E-state index contributed by atoms with van der Waals surface area (Å²) in [6, 6.07) is 8.28. The summed E-state index contributed by atoms with van der Waals surface area (Å²) in [7, 11) is 0. The SMILES string of the molecule is CC(C)(C)c1ccc(-c2nsc(CO)n2)cc1. The fraction of sp³-hybridized carbons (Fsp3) is 0.385. The van der Waals surface area contributed by atoms with Gasteiger partial charge < -0.3 is 5.11 Å². The second kappa shape index (κ2) is 4.55. The second-order valence-electron chi connectivity index (χ2n) is 5.00. The van der Waals surface area contributed by atoms with Crippen LogP contribution in [0.5, 0.6) is 0 Å². The van der Waals surface area contributed by atoms with Crippen molar-refractivity contribution in [2.24, 2.45) is 0 Å². The third-order valence-corrected chi connectivity index (χ3v) is 3.31. The van der Waals surface area contributed by atoms with Crippen LogP contribution in [0.3, 0.4) is 0 Å². The van der Waals surface area contributed by atoms with Crippen molar-refractivity contribution in [2.75, 3.05) is 0 Å². The van der Waals surface area contributed by atoms with Crippen LogP contribution in [0.1, 0.15) is 31.3 Å². The molecule has 1 heterocycles. The summed E-state index contributed by atoms with van der Waals surface area (Å²) in [6.45, 7) is 6.52. The van der Waals surface area contributed by atoms with E-state index in [4.69, 9.17) is 5.11 Å². The maximum absolute atomic E-state index is 8.96. The van der Waals surface area contributed by atoms with E-state index in [1.165, 1.54) is 17.1 Å². The van der Waals surface area contributed by atoms with Crippen LogP contribution in [0.25, 0.3) is 11.4 Å². The van der Waals surface area contributed by atoms with Crippen molar-refractivity contribution in [3.8, 4) is 11.4 Å². The zero-order chi connectivity index (χ0) is 12.5. The highest BCUT2D eigenvalue weighted by Gasteiger charge is 2.13. The molecule has 0 aliphatic heterocycles. The highest BCUT2D eigenvalue weighted by Crippen LogP contribution is 2.25. The lowest BCUT2D eigenvalue weighted by molar-refractivity contribution is 0.281. The maximum Gasteiger partial charge on any atom is 0.173 e. The highest BCUT2D eigenvalue weighted by molar-refractivity contribution is 7.05. The van der Waals surface area contributed by atoms with E-state index in [1.807, 2.05) is 12.1 Å². The first-order chi connectivity index (χ1) is 8.00. The van der Waals surface area contributed by atoms with E-state index in [0.717, 1.165) is 5.56 Å². The van der Waals surface area contributed by atoms with Gasteiger partial charge in [0.2, 0.25) is 0 Å². The van der Waals surface area contributed by atoms with Gasteiger partial charge in [0.1, 0.15) is 5.01 Å². The maximum atomic E-state index is 8.96. The van der Waals surface area contributed by atoms with Crippen LogP contribution >= 0.6 is 11.5 Å². The van der Waals surface area contributed by atoms with E-state index in [9.17, 15) is 0 Å². The molecule has 90 valence electrons. The van der Waals surface area contributed by atoms with Crippen molar-refractivity contribution in [1.82, 2.24) is 9.36 Å². The van der Waals surface area contributed by atoms with Crippen molar-refractivity contribution in [1.29, 1.82) is 0 Å². The van der Waals surface area contributed by atoms with Crippen LogP contribution < -0.4 is 0 Å². The average Bonchev–Trinajstić information content (AvgIpc) is 2.76. The Morgan fingerprint density at radius 1 is 1.18 bits per heavy atom. The number of aliphatic hydroxyl groups excluding tert-OH is 1. The molecule has 0 spiro atoms. The van der Waals surface area contributed by atoms with Gasteiger partial charge in [0.15, 0.2) is 5.82 Å². The van der Waals surface area contributed by atoms with Gasteiger partial charge in [-0.3, -0.25) is 0 Å². The minimum absolute atomic E-state index is 0.0439. The molecule has 1 aromatic heterocycles. The highest BCUT2D eigenvalue weighted by atomic mass is 32.1. The molecule has 0 fully saturated rings. The normalized spacial score (nSPS) is 11.8. The molecule has 2 aromatic rings. The first-order valence-corrected chi connectivity index (χ1v) is 6.32. The zero-order valence-corrected chi connectivity index (χ0v) is 11.1. The Morgan fingerprint density at radius 2 is 1.82 bits per heavy atom. The molecule has 1 aromatic carbocycles. The Kier molecular flexibility index (Phi) is 3.26. The Labute approximate surface area is 105 Å². The van der Waals surface area contributed by atoms with Gasteiger partial charge in [0.25, 0.3) is 0 Å². The summed E-state index contributed by atoms with van der Waals surface area (Å²) in [5.74, 6) is 0.694. The smallest absolute Gasteiger partial charge is 0.173 e. The minimum atomic E-state index is -0.0439.